The molecule has 0 amide bonds. The third-order valence-electron chi connectivity index (χ3n) is 3.19. The van der Waals surface area contributed by atoms with Gasteiger partial charge in [0.2, 0.25) is 10.0 Å². The zero-order valence-corrected chi connectivity index (χ0v) is 14.1. The van der Waals surface area contributed by atoms with Crippen LogP contribution in [0.1, 0.15) is 23.1 Å². The molecule has 0 spiro atoms. The standard InChI is InChI=1S/C14H20N2O3S2/c1-4-16(9-12-6-5-7-19-12)21(17,18)14-11(2)10-20-13(14)8-15-3/h5-7,10,15H,4,8-9H2,1-3H3. The molecule has 0 saturated carbocycles. The average molecular weight is 328 g/mol. The molecule has 0 saturated heterocycles. The van der Waals surface area contributed by atoms with Crippen LogP contribution in [0.25, 0.3) is 0 Å². The number of hydrogen-bond donors (Lipinski definition) is 1. The van der Waals surface area contributed by atoms with Gasteiger partial charge in [0.15, 0.2) is 0 Å². The largest absolute Gasteiger partial charge is 0.468 e. The minimum Gasteiger partial charge on any atom is -0.468 e. The molecule has 1 N–H and O–H groups in total. The van der Waals surface area contributed by atoms with Crippen molar-refractivity contribution in [3.8, 4) is 0 Å². The lowest BCUT2D eigenvalue weighted by Crippen LogP contribution is -2.31. The number of nitrogens with one attached hydrogen (secondary N) is 1. The summed E-state index contributed by atoms with van der Waals surface area (Å²) < 4.78 is 32.6. The number of hydrogen-bond acceptors (Lipinski definition) is 5. The van der Waals surface area contributed by atoms with Crippen molar-refractivity contribution in [1.29, 1.82) is 0 Å². The predicted octanol–water partition coefficient (Wildman–Crippen LogP) is 2.58. The van der Waals surface area contributed by atoms with E-state index in [9.17, 15) is 8.42 Å². The molecule has 0 fully saturated rings. The molecular weight excluding hydrogens is 308 g/mol. The van der Waals surface area contributed by atoms with E-state index < -0.39 is 10.0 Å². The van der Waals surface area contributed by atoms with Gasteiger partial charge in [-0.25, -0.2) is 8.42 Å². The van der Waals surface area contributed by atoms with E-state index in [1.165, 1.54) is 15.6 Å². The zero-order valence-electron chi connectivity index (χ0n) is 12.4. The Labute approximate surface area is 129 Å². The molecule has 2 heterocycles. The molecule has 0 aliphatic rings. The fourth-order valence-corrected chi connectivity index (χ4v) is 5.38. The number of rotatable bonds is 7. The average Bonchev–Trinajstić information content (AvgIpc) is 3.06. The Bertz CT molecular complexity index is 675. The quantitative estimate of drug-likeness (QED) is 0.848. The van der Waals surface area contributed by atoms with Gasteiger partial charge in [-0.05, 0) is 37.0 Å². The van der Waals surface area contributed by atoms with Gasteiger partial charge in [-0.2, -0.15) is 4.31 Å². The van der Waals surface area contributed by atoms with Crippen LogP contribution in [0.5, 0.6) is 0 Å². The minimum absolute atomic E-state index is 0.250. The van der Waals surface area contributed by atoms with Crippen LogP contribution in [0.2, 0.25) is 0 Å². The fraction of sp³-hybridized carbons (Fsp3) is 0.429. The van der Waals surface area contributed by atoms with Crippen LogP contribution < -0.4 is 5.32 Å². The van der Waals surface area contributed by atoms with Gasteiger partial charge in [0.25, 0.3) is 0 Å². The van der Waals surface area contributed by atoms with E-state index in [-0.39, 0.29) is 6.54 Å². The lowest BCUT2D eigenvalue weighted by atomic mass is 10.3. The molecule has 0 aliphatic heterocycles. The molecule has 0 unspecified atom stereocenters. The molecule has 7 heteroatoms. The first-order chi connectivity index (χ1) is 10.0. The monoisotopic (exact) mass is 328 g/mol. The van der Waals surface area contributed by atoms with Crippen LogP contribution in [-0.2, 0) is 23.1 Å². The summed E-state index contributed by atoms with van der Waals surface area (Å²) in [6, 6.07) is 3.55. The Morgan fingerprint density at radius 2 is 2.19 bits per heavy atom. The molecule has 0 radical (unpaired) electrons. The molecule has 5 nitrogen and oxygen atoms in total. The molecular formula is C14H20N2O3S2. The van der Waals surface area contributed by atoms with Gasteiger partial charge in [-0.1, -0.05) is 6.92 Å². The second-order valence-corrected chi connectivity index (χ2v) is 7.55. The van der Waals surface area contributed by atoms with Gasteiger partial charge >= 0.3 is 0 Å². The van der Waals surface area contributed by atoms with Gasteiger partial charge in [-0.3, -0.25) is 0 Å². The summed E-state index contributed by atoms with van der Waals surface area (Å²) in [5.74, 6) is 0.642. The van der Waals surface area contributed by atoms with Crippen LogP contribution >= 0.6 is 11.3 Å². The van der Waals surface area contributed by atoms with Gasteiger partial charge in [0.1, 0.15) is 10.7 Å². The fourth-order valence-electron chi connectivity index (χ4n) is 2.19. The number of thiophene rings is 1. The van der Waals surface area contributed by atoms with Crippen molar-refractivity contribution in [3.63, 3.8) is 0 Å². The van der Waals surface area contributed by atoms with Crippen LogP contribution in [0, 0.1) is 6.92 Å². The highest BCUT2D eigenvalue weighted by Gasteiger charge is 2.29. The van der Waals surface area contributed by atoms with Crippen LogP contribution in [-0.4, -0.2) is 26.3 Å². The maximum absolute atomic E-state index is 12.9. The summed E-state index contributed by atoms with van der Waals surface area (Å²) >= 11 is 1.47. The summed E-state index contributed by atoms with van der Waals surface area (Å²) in [6.45, 7) is 4.87. The summed E-state index contributed by atoms with van der Waals surface area (Å²) in [6.07, 6.45) is 1.55. The minimum atomic E-state index is -3.52. The van der Waals surface area contributed by atoms with Crippen molar-refractivity contribution < 1.29 is 12.8 Å². The van der Waals surface area contributed by atoms with E-state index in [0.717, 1.165) is 10.4 Å². The summed E-state index contributed by atoms with van der Waals surface area (Å²) in [5.41, 5.74) is 0.795. The Hall–Kier alpha value is -1.15. The molecule has 0 aliphatic carbocycles. The Morgan fingerprint density at radius 3 is 2.76 bits per heavy atom. The maximum Gasteiger partial charge on any atom is 0.244 e. The molecule has 0 aromatic carbocycles. The van der Waals surface area contributed by atoms with Crippen LogP contribution in [0.3, 0.4) is 0 Å². The highest BCUT2D eigenvalue weighted by Crippen LogP contribution is 2.30. The van der Waals surface area contributed by atoms with Crippen LogP contribution in [0.15, 0.2) is 33.1 Å². The molecule has 2 aromatic rings. The van der Waals surface area contributed by atoms with E-state index in [4.69, 9.17) is 4.42 Å². The SMILES string of the molecule is CCN(Cc1ccco1)S(=O)(=O)c1c(C)csc1CNC. The third kappa shape index (κ3) is 3.37. The van der Waals surface area contributed by atoms with Crippen molar-refractivity contribution in [2.45, 2.75) is 31.8 Å². The molecule has 116 valence electrons. The predicted molar refractivity (Wildman–Crippen MR) is 83.8 cm³/mol. The van der Waals surface area contributed by atoms with Crippen molar-refractivity contribution in [1.82, 2.24) is 9.62 Å². The Morgan fingerprint density at radius 1 is 1.43 bits per heavy atom. The first kappa shape index (κ1) is 16.2. The van der Waals surface area contributed by atoms with Crippen molar-refractivity contribution in [2.24, 2.45) is 0 Å². The van der Waals surface area contributed by atoms with Crippen molar-refractivity contribution >= 4 is 21.4 Å². The second kappa shape index (κ2) is 6.74. The van der Waals surface area contributed by atoms with Crippen molar-refractivity contribution in [2.75, 3.05) is 13.6 Å². The summed E-state index contributed by atoms with van der Waals surface area (Å²) in [4.78, 5) is 1.27. The van der Waals surface area contributed by atoms with E-state index >= 15 is 0 Å². The molecule has 2 aromatic heterocycles. The number of sulfonamides is 1. The maximum atomic E-state index is 12.9. The Kier molecular flexibility index (Phi) is 5.21. The normalized spacial score (nSPS) is 12.2. The highest BCUT2D eigenvalue weighted by atomic mass is 32.2. The topological polar surface area (TPSA) is 62.6 Å². The molecule has 0 bridgehead atoms. The Balaban J connectivity index is 2.37. The summed E-state index contributed by atoms with van der Waals surface area (Å²) in [5, 5.41) is 4.91. The summed E-state index contributed by atoms with van der Waals surface area (Å²) in [7, 11) is -1.71. The van der Waals surface area contributed by atoms with E-state index in [1.54, 1.807) is 18.4 Å². The van der Waals surface area contributed by atoms with Gasteiger partial charge in [0, 0.05) is 18.0 Å². The highest BCUT2D eigenvalue weighted by molar-refractivity contribution is 7.89. The number of nitrogens with zero attached hydrogens (tertiary/aromatic N) is 1. The van der Waals surface area contributed by atoms with Gasteiger partial charge in [-0.15, -0.1) is 11.3 Å². The van der Waals surface area contributed by atoms with E-state index in [1.807, 2.05) is 26.3 Å². The molecule has 2 rings (SSSR count). The number of aryl methyl sites for hydroxylation is 1. The smallest absolute Gasteiger partial charge is 0.244 e. The molecule has 21 heavy (non-hydrogen) atoms. The lowest BCUT2D eigenvalue weighted by molar-refractivity contribution is 0.375. The second-order valence-electron chi connectivity index (χ2n) is 4.71. The number of furan rings is 1. The third-order valence-corrected chi connectivity index (χ3v) is 6.57. The zero-order chi connectivity index (χ0) is 15.5. The molecule has 0 atom stereocenters. The van der Waals surface area contributed by atoms with Crippen LogP contribution in [0.4, 0.5) is 0 Å². The first-order valence-electron chi connectivity index (χ1n) is 6.74. The van der Waals surface area contributed by atoms with E-state index in [2.05, 4.69) is 5.32 Å². The van der Waals surface area contributed by atoms with Gasteiger partial charge < -0.3 is 9.73 Å². The van der Waals surface area contributed by atoms with Gasteiger partial charge in [0.05, 0.1) is 12.8 Å². The van der Waals surface area contributed by atoms with Crippen molar-refractivity contribution in [3.05, 3.63) is 40.0 Å². The lowest BCUT2D eigenvalue weighted by Gasteiger charge is -2.20. The first-order valence-corrected chi connectivity index (χ1v) is 9.06. The van der Waals surface area contributed by atoms with E-state index in [0.29, 0.717) is 23.7 Å².